The molecule has 1 atom stereocenters. The summed E-state index contributed by atoms with van der Waals surface area (Å²) in [5.41, 5.74) is 0. The van der Waals surface area contributed by atoms with E-state index in [1.54, 1.807) is 15.9 Å². The first-order chi connectivity index (χ1) is 8.54. The third kappa shape index (κ3) is 2.14. The summed E-state index contributed by atoms with van der Waals surface area (Å²) in [6, 6.07) is 1.47. The van der Waals surface area contributed by atoms with Crippen molar-refractivity contribution in [1.82, 2.24) is 14.9 Å². The molecule has 6 heteroatoms. The van der Waals surface area contributed by atoms with Crippen molar-refractivity contribution in [3.63, 3.8) is 0 Å². The van der Waals surface area contributed by atoms with E-state index in [2.05, 4.69) is 9.97 Å². The fourth-order valence-electron chi connectivity index (χ4n) is 2.18. The summed E-state index contributed by atoms with van der Waals surface area (Å²) >= 11 is 0. The van der Waals surface area contributed by atoms with Crippen LogP contribution in [0.25, 0.3) is 0 Å². The molecule has 1 saturated heterocycles. The summed E-state index contributed by atoms with van der Waals surface area (Å²) in [5, 5.41) is 0. The number of rotatable bonds is 3. The minimum Gasteiger partial charge on any atom is -0.322 e. The van der Waals surface area contributed by atoms with Crippen LogP contribution in [-0.2, 0) is 0 Å². The minimum atomic E-state index is -0.808. The van der Waals surface area contributed by atoms with Gasteiger partial charge in [-0.05, 0) is 18.9 Å². The fourth-order valence-corrected chi connectivity index (χ4v) is 2.18. The maximum atomic E-state index is 13.1. The van der Waals surface area contributed by atoms with Crippen LogP contribution in [0.5, 0.6) is 0 Å². The first-order valence-corrected chi connectivity index (χ1v) is 6.11. The molecule has 0 aliphatic carbocycles. The number of amides is 2. The average molecular weight is 252 g/mol. The van der Waals surface area contributed by atoms with E-state index in [4.69, 9.17) is 0 Å². The normalized spacial score (nSPS) is 20.1. The largest absolute Gasteiger partial charge is 0.326 e. The second-order valence-corrected chi connectivity index (χ2v) is 4.69. The van der Waals surface area contributed by atoms with Crippen molar-refractivity contribution in [2.24, 2.45) is 5.92 Å². The predicted molar refractivity (Wildman–Crippen MR) is 65.7 cm³/mol. The number of halogens is 1. The van der Waals surface area contributed by atoms with Crippen molar-refractivity contribution in [3.05, 3.63) is 18.3 Å². The topological polar surface area (TPSA) is 49.3 Å². The lowest BCUT2D eigenvalue weighted by Crippen LogP contribution is -2.38. The Morgan fingerprint density at radius 1 is 1.56 bits per heavy atom. The van der Waals surface area contributed by atoms with Crippen LogP contribution < -0.4 is 4.90 Å². The van der Waals surface area contributed by atoms with Gasteiger partial charge in [0.15, 0.2) is 0 Å². The Hall–Kier alpha value is -1.72. The highest BCUT2D eigenvalue weighted by atomic mass is 19.1. The van der Waals surface area contributed by atoms with Crippen molar-refractivity contribution < 1.29 is 9.18 Å². The Morgan fingerprint density at radius 2 is 2.28 bits per heavy atom. The van der Waals surface area contributed by atoms with E-state index in [1.807, 2.05) is 20.8 Å². The molecule has 0 N–H and O–H groups in total. The van der Waals surface area contributed by atoms with Gasteiger partial charge in [-0.15, -0.1) is 0 Å². The number of hydrogen-bond donors (Lipinski definition) is 0. The van der Waals surface area contributed by atoms with Gasteiger partial charge in [-0.3, -0.25) is 4.90 Å². The second-order valence-electron chi connectivity index (χ2n) is 4.69. The molecule has 1 aliphatic heterocycles. The van der Waals surface area contributed by atoms with Gasteiger partial charge < -0.3 is 4.90 Å². The van der Waals surface area contributed by atoms with Crippen molar-refractivity contribution in [1.29, 1.82) is 0 Å². The number of carbonyl (C=O) groups is 1. The number of likely N-dealkylation sites (N-methyl/N-ethyl adjacent to an activating group) is 1. The summed E-state index contributed by atoms with van der Waals surface area (Å²) in [4.78, 5) is 22.7. The number of hydrogen-bond acceptors (Lipinski definition) is 3. The maximum Gasteiger partial charge on any atom is 0.326 e. The standard InChI is InChI=1S/C12H17FN4O/c1-4-16-7-9(8(2)3)17(12(16)18)10-5-6-14-11(13)15-10/h5-6,8-9H,4,7H2,1-3H3. The molecule has 18 heavy (non-hydrogen) atoms. The third-order valence-electron chi connectivity index (χ3n) is 3.23. The van der Waals surface area contributed by atoms with Crippen LogP contribution in [0.2, 0.25) is 0 Å². The molecule has 1 aliphatic rings. The molecule has 1 fully saturated rings. The Bertz CT molecular complexity index is 451. The highest BCUT2D eigenvalue weighted by molar-refractivity contribution is 5.94. The smallest absolute Gasteiger partial charge is 0.322 e. The van der Waals surface area contributed by atoms with Gasteiger partial charge in [0.25, 0.3) is 0 Å². The zero-order valence-corrected chi connectivity index (χ0v) is 10.8. The first-order valence-electron chi connectivity index (χ1n) is 6.11. The quantitative estimate of drug-likeness (QED) is 0.772. The molecule has 0 aromatic carbocycles. The van der Waals surface area contributed by atoms with E-state index in [1.165, 1.54) is 6.20 Å². The van der Waals surface area contributed by atoms with Crippen molar-refractivity contribution in [2.75, 3.05) is 18.0 Å². The summed E-state index contributed by atoms with van der Waals surface area (Å²) in [6.07, 6.45) is 0.523. The predicted octanol–water partition coefficient (Wildman–Crippen LogP) is 1.90. The van der Waals surface area contributed by atoms with E-state index in [-0.39, 0.29) is 18.0 Å². The summed E-state index contributed by atoms with van der Waals surface area (Å²) in [5.74, 6) is 0.616. The maximum absolute atomic E-state index is 13.1. The molecule has 2 amide bonds. The highest BCUT2D eigenvalue weighted by Gasteiger charge is 2.39. The Kier molecular flexibility index (Phi) is 3.45. The van der Waals surface area contributed by atoms with Crippen LogP contribution in [0, 0.1) is 12.0 Å². The van der Waals surface area contributed by atoms with Crippen molar-refractivity contribution in [2.45, 2.75) is 26.8 Å². The summed E-state index contributed by atoms with van der Waals surface area (Å²) < 4.78 is 13.1. The van der Waals surface area contributed by atoms with Crippen LogP contribution in [0.3, 0.4) is 0 Å². The van der Waals surface area contributed by atoms with E-state index in [9.17, 15) is 9.18 Å². The molecular formula is C12H17FN4O. The first kappa shape index (κ1) is 12.7. The van der Waals surface area contributed by atoms with Crippen LogP contribution in [0.15, 0.2) is 12.3 Å². The van der Waals surface area contributed by atoms with Gasteiger partial charge in [0.1, 0.15) is 5.82 Å². The summed E-state index contributed by atoms with van der Waals surface area (Å²) in [7, 11) is 0. The van der Waals surface area contributed by atoms with E-state index in [0.717, 1.165) is 0 Å². The lowest BCUT2D eigenvalue weighted by atomic mass is 10.0. The molecule has 0 bridgehead atoms. The number of anilines is 1. The molecule has 1 unspecified atom stereocenters. The van der Waals surface area contributed by atoms with E-state index < -0.39 is 6.08 Å². The molecule has 2 rings (SSSR count). The van der Waals surface area contributed by atoms with Gasteiger partial charge >= 0.3 is 12.1 Å². The van der Waals surface area contributed by atoms with Gasteiger partial charge in [0.2, 0.25) is 0 Å². The van der Waals surface area contributed by atoms with E-state index >= 15 is 0 Å². The van der Waals surface area contributed by atoms with Gasteiger partial charge in [0.05, 0.1) is 6.04 Å². The summed E-state index contributed by atoms with van der Waals surface area (Å²) in [6.45, 7) is 7.31. The monoisotopic (exact) mass is 252 g/mol. The lowest BCUT2D eigenvalue weighted by Gasteiger charge is -2.24. The molecule has 1 aromatic rings. The number of nitrogens with zero attached hydrogens (tertiary/aromatic N) is 4. The number of carbonyl (C=O) groups excluding carboxylic acids is 1. The van der Waals surface area contributed by atoms with Crippen molar-refractivity contribution >= 4 is 11.8 Å². The van der Waals surface area contributed by atoms with Crippen LogP contribution in [0.4, 0.5) is 15.0 Å². The van der Waals surface area contributed by atoms with Gasteiger partial charge in [-0.1, -0.05) is 13.8 Å². The third-order valence-corrected chi connectivity index (χ3v) is 3.23. The second kappa shape index (κ2) is 4.88. The van der Waals surface area contributed by atoms with Gasteiger partial charge in [-0.25, -0.2) is 9.78 Å². The van der Waals surface area contributed by atoms with Crippen molar-refractivity contribution in [3.8, 4) is 0 Å². The molecule has 0 radical (unpaired) electrons. The molecule has 2 heterocycles. The molecule has 98 valence electrons. The molecule has 5 nitrogen and oxygen atoms in total. The van der Waals surface area contributed by atoms with Gasteiger partial charge in [-0.2, -0.15) is 9.37 Å². The Morgan fingerprint density at radius 3 is 2.83 bits per heavy atom. The van der Waals surface area contributed by atoms with Crippen LogP contribution in [0.1, 0.15) is 20.8 Å². The lowest BCUT2D eigenvalue weighted by molar-refractivity contribution is 0.222. The zero-order chi connectivity index (χ0) is 13.3. The zero-order valence-electron chi connectivity index (χ0n) is 10.8. The van der Waals surface area contributed by atoms with E-state index in [0.29, 0.717) is 18.9 Å². The molecule has 1 aromatic heterocycles. The van der Waals surface area contributed by atoms with Gasteiger partial charge in [0, 0.05) is 19.3 Å². The Balaban J connectivity index is 2.36. The van der Waals surface area contributed by atoms with Crippen LogP contribution >= 0.6 is 0 Å². The number of urea groups is 1. The average Bonchev–Trinajstić information content (AvgIpc) is 2.66. The Labute approximate surface area is 106 Å². The minimum absolute atomic E-state index is 0.0201. The SMILES string of the molecule is CCN1CC(C(C)C)N(c2ccnc(F)n2)C1=O. The number of aromatic nitrogens is 2. The fraction of sp³-hybridized carbons (Fsp3) is 0.583. The molecule has 0 saturated carbocycles. The molecular weight excluding hydrogens is 235 g/mol. The van der Waals surface area contributed by atoms with Crippen LogP contribution in [-0.4, -0.2) is 40.0 Å². The molecule has 0 spiro atoms. The highest BCUT2D eigenvalue weighted by Crippen LogP contribution is 2.26.